The molecule has 0 spiro atoms. The van der Waals surface area contributed by atoms with Crippen LogP contribution in [0.4, 0.5) is 0 Å². The van der Waals surface area contributed by atoms with Gasteiger partial charge in [0.1, 0.15) is 10.0 Å². The molecular formula is C12H23N5S. The summed E-state index contributed by atoms with van der Waals surface area (Å²) in [5, 5.41) is 10.3. The van der Waals surface area contributed by atoms with Crippen molar-refractivity contribution in [1.29, 1.82) is 0 Å². The van der Waals surface area contributed by atoms with E-state index in [1.165, 1.54) is 0 Å². The fraction of sp³-hybridized carbons (Fsp3) is 0.750. The molecule has 0 unspecified atom stereocenters. The second kappa shape index (κ2) is 6.13. The van der Waals surface area contributed by atoms with Crippen molar-refractivity contribution < 1.29 is 0 Å². The minimum Gasteiger partial charge on any atom is -0.370 e. The SMILES string of the molecule is CCN(CC)C(N)=NCc1nnc(C(C)(C)C)s1. The summed E-state index contributed by atoms with van der Waals surface area (Å²) in [5.74, 6) is 0.576. The second-order valence-electron chi connectivity index (χ2n) is 5.10. The van der Waals surface area contributed by atoms with E-state index in [-0.39, 0.29) is 5.41 Å². The quantitative estimate of drug-likeness (QED) is 0.670. The van der Waals surface area contributed by atoms with E-state index in [0.29, 0.717) is 12.5 Å². The predicted molar refractivity (Wildman–Crippen MR) is 76.9 cm³/mol. The number of rotatable bonds is 4. The van der Waals surface area contributed by atoms with Gasteiger partial charge in [-0.3, -0.25) is 0 Å². The smallest absolute Gasteiger partial charge is 0.191 e. The molecule has 0 bridgehead atoms. The highest BCUT2D eigenvalue weighted by Crippen LogP contribution is 2.25. The Morgan fingerprint density at radius 1 is 1.28 bits per heavy atom. The highest BCUT2D eigenvalue weighted by molar-refractivity contribution is 7.11. The standard InChI is InChI=1S/C12H23N5S/c1-6-17(7-2)11(13)14-8-9-15-16-10(18-9)12(3,4)5/h6-8H2,1-5H3,(H2,13,14). The largest absolute Gasteiger partial charge is 0.370 e. The van der Waals surface area contributed by atoms with E-state index >= 15 is 0 Å². The van der Waals surface area contributed by atoms with Gasteiger partial charge in [0, 0.05) is 18.5 Å². The summed E-state index contributed by atoms with van der Waals surface area (Å²) < 4.78 is 0. The van der Waals surface area contributed by atoms with E-state index in [2.05, 4.69) is 49.8 Å². The Morgan fingerprint density at radius 2 is 1.89 bits per heavy atom. The number of guanidine groups is 1. The van der Waals surface area contributed by atoms with Crippen LogP contribution in [0.5, 0.6) is 0 Å². The van der Waals surface area contributed by atoms with Gasteiger partial charge in [0.2, 0.25) is 0 Å². The predicted octanol–water partition coefficient (Wildman–Crippen LogP) is 1.99. The van der Waals surface area contributed by atoms with Gasteiger partial charge in [0.25, 0.3) is 0 Å². The Morgan fingerprint density at radius 3 is 2.33 bits per heavy atom. The fourth-order valence-electron chi connectivity index (χ4n) is 1.42. The van der Waals surface area contributed by atoms with E-state index in [1.807, 2.05) is 4.90 Å². The molecule has 6 heteroatoms. The minimum absolute atomic E-state index is 0.0457. The zero-order valence-electron chi connectivity index (χ0n) is 11.9. The van der Waals surface area contributed by atoms with Gasteiger partial charge in [-0.05, 0) is 13.8 Å². The number of hydrogen-bond donors (Lipinski definition) is 1. The van der Waals surface area contributed by atoms with Gasteiger partial charge in [-0.25, -0.2) is 4.99 Å². The van der Waals surface area contributed by atoms with Crippen molar-refractivity contribution in [2.75, 3.05) is 13.1 Å². The molecule has 1 aromatic rings. The molecule has 5 nitrogen and oxygen atoms in total. The van der Waals surface area contributed by atoms with Gasteiger partial charge in [-0.2, -0.15) is 0 Å². The average molecular weight is 269 g/mol. The molecule has 2 N–H and O–H groups in total. The molecule has 1 aromatic heterocycles. The summed E-state index contributed by atoms with van der Waals surface area (Å²) in [5.41, 5.74) is 5.96. The van der Waals surface area contributed by atoms with Gasteiger partial charge in [0.15, 0.2) is 5.96 Å². The number of aliphatic imine (C=N–C) groups is 1. The monoisotopic (exact) mass is 269 g/mol. The maximum atomic E-state index is 5.91. The molecule has 0 atom stereocenters. The molecule has 0 amide bonds. The molecule has 1 heterocycles. The Bertz CT molecular complexity index is 401. The van der Waals surface area contributed by atoms with Crippen molar-refractivity contribution in [2.45, 2.75) is 46.6 Å². The normalized spacial score (nSPS) is 12.8. The summed E-state index contributed by atoms with van der Waals surface area (Å²) in [6.07, 6.45) is 0. The van der Waals surface area contributed by atoms with Gasteiger partial charge < -0.3 is 10.6 Å². The highest BCUT2D eigenvalue weighted by Gasteiger charge is 2.19. The maximum absolute atomic E-state index is 5.91. The van der Waals surface area contributed by atoms with Gasteiger partial charge in [-0.15, -0.1) is 10.2 Å². The van der Waals surface area contributed by atoms with Crippen LogP contribution in [-0.2, 0) is 12.0 Å². The topological polar surface area (TPSA) is 67.4 Å². The van der Waals surface area contributed by atoms with Crippen molar-refractivity contribution in [3.05, 3.63) is 10.0 Å². The van der Waals surface area contributed by atoms with Crippen molar-refractivity contribution in [3.63, 3.8) is 0 Å². The van der Waals surface area contributed by atoms with Crippen LogP contribution in [0.1, 0.15) is 44.6 Å². The third-order valence-electron chi connectivity index (χ3n) is 2.57. The average Bonchev–Trinajstić information content (AvgIpc) is 2.76. The van der Waals surface area contributed by atoms with E-state index < -0.39 is 0 Å². The second-order valence-corrected chi connectivity index (χ2v) is 6.16. The Labute approximate surface area is 113 Å². The van der Waals surface area contributed by atoms with Crippen LogP contribution in [0.25, 0.3) is 0 Å². The van der Waals surface area contributed by atoms with Gasteiger partial charge in [-0.1, -0.05) is 32.1 Å². The summed E-state index contributed by atoms with van der Waals surface area (Å²) in [7, 11) is 0. The lowest BCUT2D eigenvalue weighted by molar-refractivity contribution is 0.458. The van der Waals surface area contributed by atoms with E-state index in [0.717, 1.165) is 23.1 Å². The molecular weight excluding hydrogens is 246 g/mol. The lowest BCUT2D eigenvalue weighted by atomic mass is 9.98. The van der Waals surface area contributed by atoms with Crippen LogP contribution in [0.15, 0.2) is 4.99 Å². The maximum Gasteiger partial charge on any atom is 0.191 e. The molecule has 0 saturated carbocycles. The Balaban J connectivity index is 2.69. The third kappa shape index (κ3) is 3.94. The van der Waals surface area contributed by atoms with Crippen LogP contribution in [0, 0.1) is 0 Å². The number of nitrogens with zero attached hydrogens (tertiary/aromatic N) is 4. The van der Waals surface area contributed by atoms with Crippen molar-refractivity contribution >= 4 is 17.3 Å². The number of nitrogens with two attached hydrogens (primary N) is 1. The lowest BCUT2D eigenvalue weighted by Gasteiger charge is -2.18. The Hall–Kier alpha value is -1.17. The van der Waals surface area contributed by atoms with Crippen molar-refractivity contribution in [3.8, 4) is 0 Å². The van der Waals surface area contributed by atoms with E-state index in [1.54, 1.807) is 11.3 Å². The van der Waals surface area contributed by atoms with Crippen molar-refractivity contribution in [1.82, 2.24) is 15.1 Å². The molecule has 0 aliphatic heterocycles. The molecule has 0 fully saturated rings. The summed E-state index contributed by atoms with van der Waals surface area (Å²) in [4.78, 5) is 6.38. The van der Waals surface area contributed by atoms with E-state index in [9.17, 15) is 0 Å². The number of aromatic nitrogens is 2. The van der Waals surface area contributed by atoms with Crippen LogP contribution >= 0.6 is 11.3 Å². The molecule has 0 aliphatic rings. The first kappa shape index (κ1) is 14.9. The third-order valence-corrected chi connectivity index (χ3v) is 3.91. The minimum atomic E-state index is 0.0457. The summed E-state index contributed by atoms with van der Waals surface area (Å²) in [6, 6.07) is 0. The van der Waals surface area contributed by atoms with E-state index in [4.69, 9.17) is 5.73 Å². The molecule has 1 rings (SSSR count). The molecule has 102 valence electrons. The molecule has 18 heavy (non-hydrogen) atoms. The first-order valence-corrected chi connectivity index (χ1v) is 7.07. The van der Waals surface area contributed by atoms with Crippen LogP contribution in [-0.4, -0.2) is 34.1 Å². The lowest BCUT2D eigenvalue weighted by Crippen LogP contribution is -2.37. The summed E-state index contributed by atoms with van der Waals surface area (Å²) in [6.45, 7) is 12.8. The van der Waals surface area contributed by atoms with Crippen LogP contribution < -0.4 is 5.73 Å². The van der Waals surface area contributed by atoms with Gasteiger partial charge >= 0.3 is 0 Å². The molecule has 0 radical (unpaired) electrons. The zero-order valence-corrected chi connectivity index (χ0v) is 12.7. The zero-order chi connectivity index (χ0) is 13.8. The summed E-state index contributed by atoms with van der Waals surface area (Å²) >= 11 is 1.61. The first-order valence-electron chi connectivity index (χ1n) is 6.26. The first-order chi connectivity index (χ1) is 8.38. The molecule has 0 saturated heterocycles. The fourth-order valence-corrected chi connectivity index (χ4v) is 2.24. The molecule has 0 aromatic carbocycles. The Kier molecular flexibility index (Phi) is 5.07. The van der Waals surface area contributed by atoms with Crippen LogP contribution in [0.3, 0.4) is 0 Å². The highest BCUT2D eigenvalue weighted by atomic mass is 32.1. The van der Waals surface area contributed by atoms with Crippen molar-refractivity contribution in [2.24, 2.45) is 10.7 Å². The van der Waals surface area contributed by atoms with Crippen LogP contribution in [0.2, 0.25) is 0 Å². The molecule has 0 aliphatic carbocycles. The van der Waals surface area contributed by atoms with Gasteiger partial charge in [0.05, 0.1) is 6.54 Å². The number of hydrogen-bond acceptors (Lipinski definition) is 4.